The molecule has 0 bridgehead atoms. The molecule has 1 aliphatic rings. The molecule has 2 unspecified atom stereocenters. The van der Waals surface area contributed by atoms with E-state index in [0.717, 1.165) is 0 Å². The van der Waals surface area contributed by atoms with Crippen molar-refractivity contribution < 1.29 is 4.79 Å². The van der Waals surface area contributed by atoms with E-state index in [9.17, 15) is 10.1 Å². The van der Waals surface area contributed by atoms with E-state index in [2.05, 4.69) is 12.6 Å². The maximum atomic E-state index is 11.8. The number of nitriles is 1. The molecule has 0 aromatic rings. The summed E-state index contributed by atoms with van der Waals surface area (Å²) in [5.74, 6) is 0.400. The van der Waals surface area contributed by atoms with Gasteiger partial charge >= 0.3 is 0 Å². The largest absolute Gasteiger partial charge is 0.323 e. The number of nitrogens with zero attached hydrogens (tertiary/aromatic N) is 2. The summed E-state index contributed by atoms with van der Waals surface area (Å²) in [6, 6.07) is 2.27. The second-order valence-electron chi connectivity index (χ2n) is 4.62. The molecule has 1 rings (SSSR count). The highest BCUT2D eigenvalue weighted by Crippen LogP contribution is 2.31. The molecule has 0 spiro atoms. The molecule has 1 amide bonds. The standard InChI is InChI=1S/C12H18N2O/c1-5-10-6-11(15)14(7-10)12(4,8-13)9(2)3/h5,9-10H,1,6-7H2,2-4H3. The molecule has 3 nitrogen and oxygen atoms in total. The van der Waals surface area contributed by atoms with Gasteiger partial charge in [0.2, 0.25) is 5.91 Å². The molecule has 0 saturated carbocycles. The number of hydrogen-bond acceptors (Lipinski definition) is 2. The molecule has 3 heteroatoms. The fraction of sp³-hybridized carbons (Fsp3) is 0.667. The first-order valence-corrected chi connectivity index (χ1v) is 5.30. The van der Waals surface area contributed by atoms with Crippen LogP contribution in [0.4, 0.5) is 0 Å². The van der Waals surface area contributed by atoms with Gasteiger partial charge < -0.3 is 4.90 Å². The summed E-state index contributed by atoms with van der Waals surface area (Å²) < 4.78 is 0. The fourth-order valence-electron chi connectivity index (χ4n) is 1.84. The average molecular weight is 206 g/mol. The predicted molar refractivity (Wildman–Crippen MR) is 58.9 cm³/mol. The molecule has 1 saturated heterocycles. The summed E-state index contributed by atoms with van der Waals surface area (Å²) >= 11 is 0. The summed E-state index contributed by atoms with van der Waals surface area (Å²) in [4.78, 5) is 13.5. The van der Waals surface area contributed by atoms with Crippen molar-refractivity contribution in [3.8, 4) is 6.07 Å². The third-order valence-electron chi connectivity index (χ3n) is 3.40. The first kappa shape index (κ1) is 11.8. The highest BCUT2D eigenvalue weighted by Gasteiger charge is 2.42. The predicted octanol–water partition coefficient (Wildman–Crippen LogP) is 1.96. The van der Waals surface area contributed by atoms with Gasteiger partial charge in [0.1, 0.15) is 5.54 Å². The lowest BCUT2D eigenvalue weighted by Gasteiger charge is -2.36. The minimum Gasteiger partial charge on any atom is -0.323 e. The number of amides is 1. The SMILES string of the molecule is C=CC1CC(=O)N(C(C)(C#N)C(C)C)C1. The second-order valence-corrected chi connectivity index (χ2v) is 4.62. The Morgan fingerprint density at radius 1 is 1.73 bits per heavy atom. The van der Waals surface area contributed by atoms with Gasteiger partial charge in [0.15, 0.2) is 0 Å². The van der Waals surface area contributed by atoms with E-state index in [-0.39, 0.29) is 17.7 Å². The minimum absolute atomic E-state index is 0.0673. The molecule has 15 heavy (non-hydrogen) atoms. The molecule has 0 aromatic carbocycles. The Morgan fingerprint density at radius 3 is 2.67 bits per heavy atom. The van der Waals surface area contributed by atoms with Crippen LogP contribution < -0.4 is 0 Å². The van der Waals surface area contributed by atoms with E-state index >= 15 is 0 Å². The van der Waals surface area contributed by atoms with Crippen LogP contribution in [0.2, 0.25) is 0 Å². The monoisotopic (exact) mass is 206 g/mol. The van der Waals surface area contributed by atoms with Crippen LogP contribution in [0.1, 0.15) is 27.2 Å². The van der Waals surface area contributed by atoms with Crippen LogP contribution in [0.25, 0.3) is 0 Å². The van der Waals surface area contributed by atoms with Crippen molar-refractivity contribution >= 4 is 5.91 Å². The van der Waals surface area contributed by atoms with E-state index in [1.54, 1.807) is 11.0 Å². The van der Waals surface area contributed by atoms with Crippen molar-refractivity contribution in [2.75, 3.05) is 6.54 Å². The van der Waals surface area contributed by atoms with E-state index in [1.165, 1.54) is 0 Å². The first-order valence-electron chi connectivity index (χ1n) is 5.30. The number of hydrogen-bond donors (Lipinski definition) is 0. The lowest BCUT2D eigenvalue weighted by atomic mass is 9.88. The summed E-state index contributed by atoms with van der Waals surface area (Å²) in [7, 11) is 0. The van der Waals surface area contributed by atoms with Gasteiger partial charge in [0.05, 0.1) is 6.07 Å². The highest BCUT2D eigenvalue weighted by molar-refractivity contribution is 5.80. The van der Waals surface area contributed by atoms with Crippen LogP contribution in [-0.4, -0.2) is 22.9 Å². The van der Waals surface area contributed by atoms with Crippen molar-refractivity contribution in [1.29, 1.82) is 5.26 Å². The molecule has 2 atom stereocenters. The minimum atomic E-state index is -0.686. The number of likely N-dealkylation sites (tertiary alicyclic amines) is 1. The third kappa shape index (κ3) is 1.90. The van der Waals surface area contributed by atoms with E-state index in [1.807, 2.05) is 20.8 Å². The maximum absolute atomic E-state index is 11.8. The smallest absolute Gasteiger partial charge is 0.224 e. The van der Waals surface area contributed by atoms with E-state index < -0.39 is 5.54 Å². The topological polar surface area (TPSA) is 44.1 Å². The quantitative estimate of drug-likeness (QED) is 0.662. The van der Waals surface area contributed by atoms with Crippen LogP contribution in [-0.2, 0) is 4.79 Å². The third-order valence-corrected chi connectivity index (χ3v) is 3.40. The molecule has 1 fully saturated rings. The van der Waals surface area contributed by atoms with Gasteiger partial charge in [-0.25, -0.2) is 0 Å². The zero-order valence-corrected chi connectivity index (χ0v) is 9.66. The number of rotatable bonds is 3. The Hall–Kier alpha value is -1.30. The van der Waals surface area contributed by atoms with Gasteiger partial charge in [-0.05, 0) is 12.8 Å². The Morgan fingerprint density at radius 2 is 2.33 bits per heavy atom. The lowest BCUT2D eigenvalue weighted by molar-refractivity contribution is -0.132. The van der Waals surface area contributed by atoms with Gasteiger partial charge in [-0.1, -0.05) is 19.9 Å². The summed E-state index contributed by atoms with van der Waals surface area (Å²) in [6.45, 7) is 10.1. The molecular formula is C12H18N2O. The maximum Gasteiger partial charge on any atom is 0.224 e. The molecule has 82 valence electrons. The van der Waals surface area contributed by atoms with Crippen LogP contribution in [0.15, 0.2) is 12.7 Å². The van der Waals surface area contributed by atoms with Crippen molar-refractivity contribution in [2.45, 2.75) is 32.7 Å². The van der Waals surface area contributed by atoms with Crippen LogP contribution in [0, 0.1) is 23.2 Å². The van der Waals surface area contributed by atoms with Gasteiger partial charge in [-0.15, -0.1) is 6.58 Å². The van der Waals surface area contributed by atoms with Crippen molar-refractivity contribution in [3.63, 3.8) is 0 Å². The molecule has 0 N–H and O–H groups in total. The van der Waals surface area contributed by atoms with Crippen LogP contribution in [0.5, 0.6) is 0 Å². The normalized spacial score (nSPS) is 25.1. The lowest BCUT2D eigenvalue weighted by Crippen LogP contribution is -2.50. The molecule has 0 radical (unpaired) electrons. The molecule has 1 aliphatic heterocycles. The Bertz CT molecular complexity index is 316. The number of carbonyl (C=O) groups is 1. The summed E-state index contributed by atoms with van der Waals surface area (Å²) in [5, 5.41) is 9.22. The fourth-order valence-corrected chi connectivity index (χ4v) is 1.84. The van der Waals surface area contributed by atoms with Crippen molar-refractivity contribution in [3.05, 3.63) is 12.7 Å². The van der Waals surface area contributed by atoms with Gasteiger partial charge in [-0.2, -0.15) is 5.26 Å². The zero-order chi connectivity index (χ0) is 11.6. The molecule has 0 aliphatic carbocycles. The highest BCUT2D eigenvalue weighted by atomic mass is 16.2. The average Bonchev–Trinajstić information content (AvgIpc) is 2.58. The molecule has 0 aromatic heterocycles. The Balaban J connectivity index is 2.93. The van der Waals surface area contributed by atoms with Gasteiger partial charge in [0, 0.05) is 18.9 Å². The van der Waals surface area contributed by atoms with Gasteiger partial charge in [0.25, 0.3) is 0 Å². The number of carbonyl (C=O) groups excluding carboxylic acids is 1. The molecular weight excluding hydrogens is 188 g/mol. The van der Waals surface area contributed by atoms with Crippen molar-refractivity contribution in [2.24, 2.45) is 11.8 Å². The summed E-state index contributed by atoms with van der Waals surface area (Å²) in [5.41, 5.74) is -0.686. The van der Waals surface area contributed by atoms with Crippen LogP contribution >= 0.6 is 0 Å². The van der Waals surface area contributed by atoms with E-state index in [0.29, 0.717) is 13.0 Å². The van der Waals surface area contributed by atoms with E-state index in [4.69, 9.17) is 0 Å². The summed E-state index contributed by atoms with van der Waals surface area (Å²) in [6.07, 6.45) is 2.30. The Labute approximate surface area is 91.4 Å². The van der Waals surface area contributed by atoms with Crippen molar-refractivity contribution in [1.82, 2.24) is 4.90 Å². The first-order chi connectivity index (χ1) is 6.95. The van der Waals surface area contributed by atoms with Crippen LogP contribution in [0.3, 0.4) is 0 Å². The Kier molecular flexibility index (Phi) is 3.18. The zero-order valence-electron chi connectivity index (χ0n) is 9.66. The molecule has 1 heterocycles. The van der Waals surface area contributed by atoms with Gasteiger partial charge in [-0.3, -0.25) is 4.79 Å². The second kappa shape index (κ2) is 4.06.